The zero-order valence-corrected chi connectivity index (χ0v) is 12.3. The van der Waals surface area contributed by atoms with E-state index in [1.807, 2.05) is 13.8 Å². The number of nitrogens with one attached hydrogen (secondary N) is 2. The molecule has 0 spiro atoms. The van der Waals surface area contributed by atoms with E-state index >= 15 is 0 Å². The van der Waals surface area contributed by atoms with Gasteiger partial charge in [-0.2, -0.15) is 0 Å². The predicted molar refractivity (Wildman–Crippen MR) is 73.7 cm³/mol. The second-order valence-electron chi connectivity index (χ2n) is 4.54. The smallest absolute Gasteiger partial charge is 0.211 e. The van der Waals surface area contributed by atoms with Crippen LogP contribution in [0.1, 0.15) is 52.9 Å². The normalized spacial score (nSPS) is 13.8. The van der Waals surface area contributed by atoms with Gasteiger partial charge in [-0.3, -0.25) is 0 Å². The Hall–Kier alpha value is -0.130. The lowest BCUT2D eigenvalue weighted by Crippen LogP contribution is -2.35. The minimum absolute atomic E-state index is 0.0608. The quantitative estimate of drug-likeness (QED) is 0.560. The first-order valence-electron chi connectivity index (χ1n) is 6.72. The molecular weight excluding hydrogens is 236 g/mol. The lowest BCUT2D eigenvalue weighted by Gasteiger charge is -2.13. The fourth-order valence-electron chi connectivity index (χ4n) is 1.69. The van der Waals surface area contributed by atoms with Crippen LogP contribution in [0.2, 0.25) is 0 Å². The van der Waals surface area contributed by atoms with Crippen molar-refractivity contribution in [1.82, 2.24) is 10.0 Å². The maximum absolute atomic E-state index is 11.7. The van der Waals surface area contributed by atoms with Crippen molar-refractivity contribution < 1.29 is 8.42 Å². The standard InChI is InChI=1S/C12H28N2O2S/c1-4-6-7-9-12(3)14-17(15,16)11-8-10-13-5-2/h12-14H,4-11H2,1-3H3. The molecule has 0 bridgehead atoms. The molecule has 0 rings (SSSR count). The van der Waals surface area contributed by atoms with Crippen LogP contribution in [0, 0.1) is 0 Å². The summed E-state index contributed by atoms with van der Waals surface area (Å²) in [6.45, 7) is 7.76. The van der Waals surface area contributed by atoms with Crippen molar-refractivity contribution in [2.75, 3.05) is 18.8 Å². The van der Waals surface area contributed by atoms with E-state index in [-0.39, 0.29) is 11.8 Å². The fraction of sp³-hybridized carbons (Fsp3) is 1.00. The molecule has 0 saturated heterocycles. The van der Waals surface area contributed by atoms with Gasteiger partial charge >= 0.3 is 0 Å². The van der Waals surface area contributed by atoms with Crippen molar-refractivity contribution in [3.63, 3.8) is 0 Å². The van der Waals surface area contributed by atoms with Gasteiger partial charge in [-0.1, -0.05) is 33.1 Å². The van der Waals surface area contributed by atoms with Gasteiger partial charge in [0.1, 0.15) is 0 Å². The van der Waals surface area contributed by atoms with Crippen molar-refractivity contribution >= 4 is 10.0 Å². The summed E-state index contributed by atoms with van der Waals surface area (Å²) in [5.41, 5.74) is 0. The molecule has 104 valence electrons. The lowest BCUT2D eigenvalue weighted by molar-refractivity contribution is 0.525. The van der Waals surface area contributed by atoms with E-state index in [1.165, 1.54) is 12.8 Å². The average Bonchev–Trinajstić information content (AvgIpc) is 2.24. The molecule has 0 aromatic rings. The highest BCUT2D eigenvalue weighted by atomic mass is 32.2. The van der Waals surface area contributed by atoms with Gasteiger partial charge < -0.3 is 5.32 Å². The molecule has 1 atom stereocenters. The van der Waals surface area contributed by atoms with Crippen LogP contribution in [0.4, 0.5) is 0 Å². The summed E-state index contributed by atoms with van der Waals surface area (Å²) in [7, 11) is -3.09. The molecule has 0 amide bonds. The Morgan fingerprint density at radius 2 is 1.82 bits per heavy atom. The predicted octanol–water partition coefficient (Wildman–Crippen LogP) is 1.87. The largest absolute Gasteiger partial charge is 0.317 e. The van der Waals surface area contributed by atoms with Crippen molar-refractivity contribution in [3.05, 3.63) is 0 Å². The molecule has 0 aliphatic heterocycles. The minimum Gasteiger partial charge on any atom is -0.317 e. The highest BCUT2D eigenvalue weighted by molar-refractivity contribution is 7.89. The summed E-state index contributed by atoms with van der Waals surface area (Å²) >= 11 is 0. The molecule has 0 fully saturated rings. The van der Waals surface area contributed by atoms with Crippen molar-refractivity contribution in [3.8, 4) is 0 Å². The zero-order valence-electron chi connectivity index (χ0n) is 11.5. The van der Waals surface area contributed by atoms with E-state index in [2.05, 4.69) is 17.0 Å². The van der Waals surface area contributed by atoms with Gasteiger partial charge in [0.2, 0.25) is 10.0 Å². The number of hydrogen-bond acceptors (Lipinski definition) is 3. The molecule has 0 saturated carbocycles. The molecule has 0 aliphatic carbocycles. The molecule has 17 heavy (non-hydrogen) atoms. The third-order valence-corrected chi connectivity index (χ3v) is 4.23. The van der Waals surface area contributed by atoms with Crippen LogP contribution >= 0.6 is 0 Å². The topological polar surface area (TPSA) is 58.2 Å². The average molecular weight is 264 g/mol. The summed E-state index contributed by atoms with van der Waals surface area (Å²) < 4.78 is 26.1. The van der Waals surface area contributed by atoms with Gasteiger partial charge in [0.25, 0.3) is 0 Å². The summed E-state index contributed by atoms with van der Waals surface area (Å²) in [5, 5.41) is 3.12. The van der Waals surface area contributed by atoms with E-state index in [1.54, 1.807) is 0 Å². The number of rotatable bonds is 11. The minimum atomic E-state index is -3.09. The monoisotopic (exact) mass is 264 g/mol. The van der Waals surface area contributed by atoms with Gasteiger partial charge in [0, 0.05) is 6.04 Å². The van der Waals surface area contributed by atoms with Gasteiger partial charge in [-0.05, 0) is 32.9 Å². The Bertz CT molecular complexity index is 266. The Labute approximate surface area is 107 Å². The van der Waals surface area contributed by atoms with Crippen LogP contribution in [0.5, 0.6) is 0 Å². The highest BCUT2D eigenvalue weighted by Crippen LogP contribution is 2.04. The van der Waals surface area contributed by atoms with E-state index in [0.29, 0.717) is 6.42 Å². The summed E-state index contributed by atoms with van der Waals surface area (Å²) in [6, 6.07) is 0.0608. The Morgan fingerprint density at radius 3 is 2.41 bits per heavy atom. The molecule has 0 radical (unpaired) electrons. The number of hydrogen-bond donors (Lipinski definition) is 2. The number of unbranched alkanes of at least 4 members (excludes halogenated alkanes) is 2. The van der Waals surface area contributed by atoms with Gasteiger partial charge in [0.05, 0.1) is 5.75 Å². The van der Waals surface area contributed by atoms with Gasteiger partial charge in [-0.25, -0.2) is 13.1 Å². The van der Waals surface area contributed by atoms with Gasteiger partial charge in [0.15, 0.2) is 0 Å². The summed E-state index contributed by atoms with van der Waals surface area (Å²) in [4.78, 5) is 0. The Morgan fingerprint density at radius 1 is 1.12 bits per heavy atom. The van der Waals surface area contributed by atoms with Gasteiger partial charge in [-0.15, -0.1) is 0 Å². The molecule has 2 N–H and O–H groups in total. The van der Waals surface area contributed by atoms with E-state index in [9.17, 15) is 8.42 Å². The number of sulfonamides is 1. The summed E-state index contributed by atoms with van der Waals surface area (Å²) in [5.74, 6) is 0.220. The molecular formula is C12H28N2O2S. The lowest BCUT2D eigenvalue weighted by atomic mass is 10.1. The van der Waals surface area contributed by atoms with Crippen molar-refractivity contribution in [2.45, 2.75) is 58.9 Å². The molecule has 0 aromatic carbocycles. The molecule has 0 aliphatic rings. The first-order valence-corrected chi connectivity index (χ1v) is 8.37. The summed E-state index contributed by atoms with van der Waals surface area (Å²) in [6.07, 6.45) is 5.04. The van der Waals surface area contributed by atoms with Crippen LogP contribution in [0.3, 0.4) is 0 Å². The van der Waals surface area contributed by atoms with E-state index in [0.717, 1.165) is 25.9 Å². The van der Waals surface area contributed by atoms with E-state index in [4.69, 9.17) is 0 Å². The highest BCUT2D eigenvalue weighted by Gasteiger charge is 2.13. The van der Waals surface area contributed by atoms with Crippen LogP contribution in [-0.2, 0) is 10.0 Å². The molecule has 4 nitrogen and oxygen atoms in total. The van der Waals surface area contributed by atoms with Crippen LogP contribution < -0.4 is 10.0 Å². The third-order valence-electron chi connectivity index (χ3n) is 2.64. The second-order valence-corrected chi connectivity index (χ2v) is 6.41. The second kappa shape index (κ2) is 9.85. The van der Waals surface area contributed by atoms with Crippen molar-refractivity contribution in [2.24, 2.45) is 0 Å². The first-order chi connectivity index (χ1) is 8.02. The molecule has 0 heterocycles. The Kier molecular flexibility index (Phi) is 9.78. The molecule has 1 unspecified atom stereocenters. The van der Waals surface area contributed by atoms with Crippen LogP contribution in [0.25, 0.3) is 0 Å². The zero-order chi connectivity index (χ0) is 13.1. The first kappa shape index (κ1) is 16.9. The van der Waals surface area contributed by atoms with Crippen molar-refractivity contribution in [1.29, 1.82) is 0 Å². The SMILES string of the molecule is CCCCCC(C)NS(=O)(=O)CCCNCC. The van der Waals surface area contributed by atoms with E-state index < -0.39 is 10.0 Å². The maximum Gasteiger partial charge on any atom is 0.211 e. The molecule has 0 aromatic heterocycles. The molecule has 5 heteroatoms. The fourth-order valence-corrected chi connectivity index (χ4v) is 3.06. The Balaban J connectivity index is 3.75. The maximum atomic E-state index is 11.7. The van der Waals surface area contributed by atoms with Crippen LogP contribution in [-0.4, -0.2) is 33.3 Å². The third kappa shape index (κ3) is 10.7. The van der Waals surface area contributed by atoms with Crippen LogP contribution in [0.15, 0.2) is 0 Å².